The molecule has 15 rings (SSSR count). The van der Waals surface area contributed by atoms with E-state index in [1.165, 1.54) is 122 Å². The van der Waals surface area contributed by atoms with E-state index < -0.39 is 29.5 Å². The Hall–Kier alpha value is -6.41. The second-order valence-corrected chi connectivity index (χ2v) is 24.4. The van der Waals surface area contributed by atoms with Gasteiger partial charge in [0, 0.05) is 49.5 Å². The Kier molecular flexibility index (Phi) is 22.5. The van der Waals surface area contributed by atoms with Crippen molar-refractivity contribution in [3.8, 4) is 28.7 Å². The second-order valence-electron chi connectivity index (χ2n) is 24.4. The van der Waals surface area contributed by atoms with Crippen molar-refractivity contribution in [3.63, 3.8) is 0 Å². The normalized spacial score (nSPS) is 29.0. The average molecular weight is 1250 g/mol. The smallest absolute Gasteiger partial charge is 0.337 e. The molecule has 8 saturated carbocycles. The van der Waals surface area contributed by atoms with Crippen LogP contribution >= 0.6 is 0 Å². The summed E-state index contributed by atoms with van der Waals surface area (Å²) in [5, 5.41) is 32.8. The Labute approximate surface area is 530 Å². The zero-order valence-corrected chi connectivity index (χ0v) is 53.3. The van der Waals surface area contributed by atoms with Gasteiger partial charge in [0.05, 0.1) is 52.2 Å². The summed E-state index contributed by atoms with van der Waals surface area (Å²) in [6, 6.07) is 25.5. The minimum atomic E-state index is -0.822. The maximum Gasteiger partial charge on any atom is 0.337 e. The molecule has 2 saturated heterocycles. The molecule has 88 heavy (non-hydrogen) atoms. The summed E-state index contributed by atoms with van der Waals surface area (Å²) < 4.78 is 36.7. The summed E-state index contributed by atoms with van der Waals surface area (Å²) in [5.74, 6) is 3.73. The number of rotatable bonds is 10. The van der Waals surface area contributed by atoms with Gasteiger partial charge in [-0.05, 0) is 188 Å². The van der Waals surface area contributed by atoms with Crippen LogP contribution in [0.4, 0.5) is 0 Å². The van der Waals surface area contributed by atoms with Crippen molar-refractivity contribution in [2.45, 2.75) is 129 Å². The topological polar surface area (TPSA) is 222 Å². The van der Waals surface area contributed by atoms with Crippen molar-refractivity contribution >= 4 is 24.0 Å². The maximum absolute atomic E-state index is 11.0. The second kappa shape index (κ2) is 28.6. The molecular formula is C70H85O17V-3. The van der Waals surface area contributed by atoms with Crippen LogP contribution in [0.1, 0.15) is 149 Å². The summed E-state index contributed by atoms with van der Waals surface area (Å²) in [6.45, 7) is 9.37. The Balaban J connectivity index is 0.000000164. The van der Waals surface area contributed by atoms with Gasteiger partial charge in [0.1, 0.15) is 11.5 Å². The number of benzene rings is 5. The molecule has 475 valence electrons. The van der Waals surface area contributed by atoms with Crippen molar-refractivity contribution in [3.05, 3.63) is 153 Å². The minimum absolute atomic E-state index is 0. The van der Waals surface area contributed by atoms with Crippen LogP contribution in [-0.2, 0) is 73.4 Å². The number of allylic oxidation sites excluding steroid dienone is 1. The van der Waals surface area contributed by atoms with Gasteiger partial charge in [-0.3, -0.25) is 0 Å². The van der Waals surface area contributed by atoms with E-state index in [4.69, 9.17) is 38.5 Å². The molecule has 2 atom stereocenters. The van der Waals surface area contributed by atoms with Gasteiger partial charge in [0.2, 0.25) is 0 Å². The molecule has 8 aliphatic carbocycles. The summed E-state index contributed by atoms with van der Waals surface area (Å²) in [5.41, 5.74) is 6.79. The van der Waals surface area contributed by atoms with E-state index in [0.717, 1.165) is 74.1 Å². The molecule has 2 spiro atoms. The zero-order chi connectivity index (χ0) is 61.9. The monoisotopic (exact) mass is 1250 g/mol. The zero-order valence-electron chi connectivity index (χ0n) is 51.9. The van der Waals surface area contributed by atoms with Crippen LogP contribution < -0.4 is 24.8 Å². The summed E-state index contributed by atoms with van der Waals surface area (Å²) >= 11 is 0. The molecule has 2 unspecified atom stereocenters. The molecule has 17 nitrogen and oxygen atoms in total. The molecule has 0 amide bonds. The van der Waals surface area contributed by atoms with Gasteiger partial charge >= 0.3 is 17.9 Å². The van der Waals surface area contributed by atoms with Gasteiger partial charge in [0.15, 0.2) is 11.2 Å². The predicted octanol–water partition coefficient (Wildman–Crippen LogP) is 11.8. The van der Waals surface area contributed by atoms with Gasteiger partial charge in [-0.2, -0.15) is 9.78 Å². The van der Waals surface area contributed by atoms with Gasteiger partial charge in [-0.15, -0.1) is 17.2 Å². The standard InChI is InChI=1S/C22H28O4.C20H26O4.3C9H10O3.CH4.V/c1-4-5-16-6-7-17(13-20(16)23-2)22(24-3)21(25-26-22)18-9-14-8-15(11-18)12-19(21)10-14;1-12-4-17(11-18(5-12)21-2)20(22-3)19(23-24-20)15-7-13-6-14(9-15)10-16(19)8-13;3*1-6-3-7(9(11)12-2)5-8(10)4-6;;/h4-7,13-15,18-19H,8-12H2,1-3H3;4-5,11,13-16H,6-10H2,1-3H3;3*3-5,10H,1-2H3;1H4;/p-3/b5-4+;;;;;;. The number of ether oxygens (including phenoxy) is 7. The van der Waals surface area contributed by atoms with Crippen LogP contribution in [0.2, 0.25) is 0 Å². The molecule has 10 fully saturated rings. The van der Waals surface area contributed by atoms with Gasteiger partial charge in [0.25, 0.3) is 11.6 Å². The molecule has 0 aromatic heterocycles. The molecule has 8 bridgehead atoms. The third kappa shape index (κ3) is 13.1. The first kappa shape index (κ1) is 69.1. The maximum atomic E-state index is 11.0. The van der Waals surface area contributed by atoms with Crippen molar-refractivity contribution < 1.29 is 101 Å². The van der Waals surface area contributed by atoms with E-state index in [9.17, 15) is 29.7 Å². The molecule has 0 N–H and O–H groups in total. The first-order chi connectivity index (χ1) is 41.2. The fourth-order valence-corrected chi connectivity index (χ4v) is 16.0. The van der Waals surface area contributed by atoms with Crippen molar-refractivity contribution in [2.75, 3.05) is 49.8 Å². The molecule has 5 aromatic carbocycles. The van der Waals surface area contributed by atoms with E-state index in [0.29, 0.717) is 40.4 Å². The van der Waals surface area contributed by atoms with Crippen molar-refractivity contribution in [1.29, 1.82) is 0 Å². The fraction of sp³-hybridized carbons (Fsp3) is 0.500. The predicted molar refractivity (Wildman–Crippen MR) is 319 cm³/mol. The summed E-state index contributed by atoms with van der Waals surface area (Å²) in [6.07, 6.45) is 16.9. The average Bonchev–Trinajstić information content (AvgIpc) is 0.683. The Morgan fingerprint density at radius 3 is 1.11 bits per heavy atom. The molecule has 18 heteroatoms. The molecular weight excluding hydrogens is 1160 g/mol. The number of aryl methyl sites for hydroxylation is 4. The van der Waals surface area contributed by atoms with Crippen molar-refractivity contribution in [1.82, 2.24) is 0 Å². The van der Waals surface area contributed by atoms with E-state index in [1.54, 1.807) is 67.4 Å². The quantitative estimate of drug-likeness (QED) is 0.0720. The van der Waals surface area contributed by atoms with Gasteiger partial charge in [-0.25, -0.2) is 24.2 Å². The van der Waals surface area contributed by atoms with E-state index in [1.807, 2.05) is 25.1 Å². The van der Waals surface area contributed by atoms with E-state index in [-0.39, 0.29) is 54.4 Å². The third-order valence-electron chi connectivity index (χ3n) is 18.9. The number of esters is 3. The Morgan fingerprint density at radius 2 is 0.818 bits per heavy atom. The number of hydrogen-bond donors (Lipinski definition) is 0. The van der Waals surface area contributed by atoms with Crippen LogP contribution in [0.5, 0.6) is 28.7 Å². The van der Waals surface area contributed by atoms with Crippen LogP contribution in [0.25, 0.3) is 6.08 Å². The van der Waals surface area contributed by atoms with Gasteiger partial charge in [-0.1, -0.05) is 90.9 Å². The first-order valence-corrected chi connectivity index (χ1v) is 29.6. The number of carbonyl (C=O) groups excluding carboxylic acids is 3. The third-order valence-corrected chi connectivity index (χ3v) is 18.9. The Morgan fingerprint density at radius 1 is 0.455 bits per heavy atom. The molecule has 2 aliphatic heterocycles. The van der Waals surface area contributed by atoms with E-state index >= 15 is 0 Å². The molecule has 2 heterocycles. The molecule has 10 aliphatic rings. The minimum Gasteiger partial charge on any atom is -0.872 e. The van der Waals surface area contributed by atoms with Crippen LogP contribution in [-0.4, -0.2) is 78.9 Å². The fourth-order valence-electron chi connectivity index (χ4n) is 16.0. The molecule has 5 aromatic rings. The van der Waals surface area contributed by atoms with Crippen LogP contribution in [0, 0.1) is 75.0 Å². The SMILES string of the molecule is C.C/C=C/c1ccc(C2(OC)OOC23C2CC4CC(C2)CC3C4)cc1OC.COC(=O)c1cc(C)cc([O-])c1.COC(=O)c1cc(C)cc([O-])c1.COC(=O)c1cc(C)cc([O-])c1.COc1cc(C)cc(C2(OC)OOC23C2CC4CC(C2)CC3C4)c1.[V]. The summed E-state index contributed by atoms with van der Waals surface area (Å²) in [4.78, 5) is 56.5. The first-order valence-electron chi connectivity index (χ1n) is 29.6. The van der Waals surface area contributed by atoms with Gasteiger partial charge < -0.3 is 48.5 Å². The summed E-state index contributed by atoms with van der Waals surface area (Å²) in [7, 11) is 10.8. The van der Waals surface area contributed by atoms with Crippen LogP contribution in [0.3, 0.4) is 0 Å². The number of methoxy groups -OCH3 is 7. The molecule has 1 radical (unpaired) electrons. The van der Waals surface area contributed by atoms with Crippen molar-refractivity contribution in [2.24, 2.45) is 47.3 Å². The van der Waals surface area contributed by atoms with Crippen LogP contribution in [0.15, 0.2) is 97.1 Å². The number of carbonyl (C=O) groups is 3. The number of hydrogen-bond acceptors (Lipinski definition) is 17. The largest absolute Gasteiger partial charge is 0.872 e. The Bertz CT molecular complexity index is 3030. The van der Waals surface area contributed by atoms with E-state index in [2.05, 4.69) is 51.5 Å².